The zero-order valence-corrected chi connectivity index (χ0v) is 19.6. The van der Waals surface area contributed by atoms with Crippen LogP contribution in [0.25, 0.3) is 10.8 Å². The number of hydrogen-bond donors (Lipinski definition) is 0. The molecule has 4 rings (SSSR count). The first-order valence-corrected chi connectivity index (χ1v) is 12.7. The van der Waals surface area contributed by atoms with Crippen LogP contribution in [0.1, 0.15) is 95.5 Å². The summed E-state index contributed by atoms with van der Waals surface area (Å²) in [5.74, 6) is -0.646. The molecule has 1 nitrogen and oxygen atoms in total. The number of unbranched alkanes of at least 4 members (excludes halogenated alkanes) is 4. The Balaban J connectivity index is 1.42. The zero-order valence-electron chi connectivity index (χ0n) is 19.6. The number of ether oxygens (including phenoxy) is 1. The summed E-state index contributed by atoms with van der Waals surface area (Å²) in [6.07, 6.45) is 14.8. The molecule has 2 aliphatic rings. The number of hydrogen-bond acceptors (Lipinski definition) is 1. The molecule has 32 heavy (non-hydrogen) atoms. The quantitative estimate of drug-likeness (QED) is 0.368. The standard InChI is InChI=1S/C28H37F3O/c1-3-4-5-6-7-8-18-9-10-20-16-21(12-11-19(20)15-18)23-17-22-13-14-24(32-2)27(30)25(22)28(31)26(23)29/h13-14,17-21H,3-12,15-16H2,1-2H3. The molecule has 4 unspecified atom stereocenters. The van der Waals surface area contributed by atoms with Gasteiger partial charge in [-0.3, -0.25) is 0 Å². The molecule has 0 aromatic heterocycles. The van der Waals surface area contributed by atoms with Gasteiger partial charge in [-0.25, -0.2) is 13.2 Å². The summed E-state index contributed by atoms with van der Waals surface area (Å²) in [6, 6.07) is 4.78. The third-order valence-corrected chi connectivity index (χ3v) is 8.21. The predicted octanol–water partition coefficient (Wildman–Crippen LogP) is 8.93. The van der Waals surface area contributed by atoms with Crippen LogP contribution in [0.2, 0.25) is 0 Å². The number of methoxy groups -OCH3 is 1. The highest BCUT2D eigenvalue weighted by Crippen LogP contribution is 2.49. The molecule has 0 amide bonds. The van der Waals surface area contributed by atoms with Crippen molar-refractivity contribution in [2.24, 2.45) is 17.8 Å². The van der Waals surface area contributed by atoms with Crippen molar-refractivity contribution in [2.75, 3.05) is 7.11 Å². The first kappa shape index (κ1) is 23.4. The Labute approximate surface area is 190 Å². The topological polar surface area (TPSA) is 9.23 Å². The largest absolute Gasteiger partial charge is 0.494 e. The molecule has 4 heteroatoms. The molecule has 0 N–H and O–H groups in total. The summed E-state index contributed by atoms with van der Waals surface area (Å²) in [4.78, 5) is 0. The maximum Gasteiger partial charge on any atom is 0.175 e. The van der Waals surface area contributed by atoms with Crippen molar-refractivity contribution in [3.63, 3.8) is 0 Å². The lowest BCUT2D eigenvalue weighted by molar-refractivity contribution is 0.112. The van der Waals surface area contributed by atoms with E-state index in [0.29, 0.717) is 16.9 Å². The van der Waals surface area contributed by atoms with Gasteiger partial charge in [0.2, 0.25) is 0 Å². The van der Waals surface area contributed by atoms with Gasteiger partial charge >= 0.3 is 0 Å². The van der Waals surface area contributed by atoms with Crippen LogP contribution in [0, 0.1) is 35.2 Å². The average Bonchev–Trinajstić information content (AvgIpc) is 2.81. The zero-order chi connectivity index (χ0) is 22.7. The van der Waals surface area contributed by atoms with Crippen LogP contribution in [0.15, 0.2) is 18.2 Å². The van der Waals surface area contributed by atoms with E-state index in [4.69, 9.17) is 4.74 Å². The number of rotatable bonds is 8. The van der Waals surface area contributed by atoms with Crippen molar-refractivity contribution in [1.82, 2.24) is 0 Å². The Morgan fingerprint density at radius 2 is 1.59 bits per heavy atom. The highest BCUT2D eigenvalue weighted by atomic mass is 19.2. The lowest BCUT2D eigenvalue weighted by Gasteiger charge is -2.42. The van der Waals surface area contributed by atoms with Crippen molar-refractivity contribution in [3.05, 3.63) is 41.2 Å². The predicted molar refractivity (Wildman–Crippen MR) is 125 cm³/mol. The van der Waals surface area contributed by atoms with Crippen LogP contribution in [0.5, 0.6) is 5.75 Å². The second kappa shape index (κ2) is 10.5. The van der Waals surface area contributed by atoms with Gasteiger partial charge in [0.05, 0.1) is 12.5 Å². The van der Waals surface area contributed by atoms with Crippen molar-refractivity contribution >= 4 is 10.8 Å². The molecular weight excluding hydrogens is 409 g/mol. The van der Waals surface area contributed by atoms with Crippen LogP contribution in [0.4, 0.5) is 13.2 Å². The van der Waals surface area contributed by atoms with E-state index in [1.807, 2.05) is 0 Å². The van der Waals surface area contributed by atoms with E-state index in [1.54, 1.807) is 12.1 Å². The number of fused-ring (bicyclic) bond motifs is 2. The Kier molecular flexibility index (Phi) is 7.68. The molecule has 2 saturated carbocycles. The van der Waals surface area contributed by atoms with E-state index in [1.165, 1.54) is 71.0 Å². The molecule has 0 radical (unpaired) electrons. The monoisotopic (exact) mass is 446 g/mol. The summed E-state index contributed by atoms with van der Waals surface area (Å²) < 4.78 is 49.5. The molecule has 0 spiro atoms. The van der Waals surface area contributed by atoms with Crippen molar-refractivity contribution in [2.45, 2.75) is 89.9 Å². The molecule has 0 heterocycles. The fourth-order valence-electron chi connectivity index (χ4n) is 6.40. The molecule has 2 aromatic carbocycles. The Morgan fingerprint density at radius 1 is 0.844 bits per heavy atom. The van der Waals surface area contributed by atoms with Gasteiger partial charge in [-0.2, -0.15) is 0 Å². The highest BCUT2D eigenvalue weighted by Gasteiger charge is 2.37. The van der Waals surface area contributed by atoms with E-state index >= 15 is 4.39 Å². The van der Waals surface area contributed by atoms with Crippen molar-refractivity contribution < 1.29 is 17.9 Å². The minimum absolute atomic E-state index is 0.0194. The smallest absolute Gasteiger partial charge is 0.175 e. The molecule has 2 fully saturated rings. The van der Waals surface area contributed by atoms with E-state index in [2.05, 4.69) is 6.92 Å². The van der Waals surface area contributed by atoms with Gasteiger partial charge in [0.1, 0.15) is 0 Å². The van der Waals surface area contributed by atoms with Gasteiger partial charge in [0, 0.05) is 0 Å². The van der Waals surface area contributed by atoms with E-state index in [0.717, 1.165) is 31.1 Å². The SMILES string of the molecule is CCCCCCCC1CCC2CC(c3cc4ccc(OC)c(F)c4c(F)c3F)CCC2C1. The van der Waals surface area contributed by atoms with Gasteiger partial charge in [0.25, 0.3) is 0 Å². The summed E-state index contributed by atoms with van der Waals surface area (Å²) in [5.41, 5.74) is 0.427. The Hall–Kier alpha value is -1.71. The van der Waals surface area contributed by atoms with Gasteiger partial charge in [-0.05, 0) is 78.9 Å². The lowest BCUT2D eigenvalue weighted by atomic mass is 9.63. The van der Waals surface area contributed by atoms with Gasteiger partial charge in [-0.1, -0.05) is 57.9 Å². The molecule has 0 bridgehead atoms. The van der Waals surface area contributed by atoms with E-state index < -0.39 is 17.5 Å². The lowest BCUT2D eigenvalue weighted by Crippen LogP contribution is -2.30. The fraction of sp³-hybridized carbons (Fsp3) is 0.643. The number of halogens is 3. The minimum atomic E-state index is -1.08. The highest BCUT2D eigenvalue weighted by molar-refractivity contribution is 5.86. The van der Waals surface area contributed by atoms with Gasteiger partial charge in [-0.15, -0.1) is 0 Å². The normalized spacial score (nSPS) is 25.7. The van der Waals surface area contributed by atoms with Crippen molar-refractivity contribution in [3.8, 4) is 5.75 Å². The average molecular weight is 447 g/mol. The molecule has 0 saturated heterocycles. The maximum absolute atomic E-state index is 15.1. The first-order chi connectivity index (χ1) is 15.5. The van der Waals surface area contributed by atoms with Gasteiger partial charge < -0.3 is 4.74 Å². The van der Waals surface area contributed by atoms with Crippen molar-refractivity contribution in [1.29, 1.82) is 0 Å². The third kappa shape index (κ3) is 4.79. The number of benzene rings is 2. The molecular formula is C28H37F3O. The summed E-state index contributed by atoms with van der Waals surface area (Å²) in [7, 11) is 1.33. The summed E-state index contributed by atoms with van der Waals surface area (Å²) in [5, 5.41) is 0.102. The Bertz CT molecular complexity index is 925. The van der Waals surface area contributed by atoms with Crippen LogP contribution in [0.3, 0.4) is 0 Å². The molecule has 2 aromatic rings. The molecule has 4 atom stereocenters. The van der Waals surface area contributed by atoms with Crippen LogP contribution in [-0.4, -0.2) is 7.11 Å². The van der Waals surface area contributed by atoms with Crippen LogP contribution in [-0.2, 0) is 0 Å². The van der Waals surface area contributed by atoms with E-state index in [-0.39, 0.29) is 17.1 Å². The molecule has 2 aliphatic carbocycles. The fourth-order valence-corrected chi connectivity index (χ4v) is 6.40. The first-order valence-electron chi connectivity index (χ1n) is 12.7. The molecule has 176 valence electrons. The third-order valence-electron chi connectivity index (χ3n) is 8.21. The van der Waals surface area contributed by atoms with Gasteiger partial charge in [0.15, 0.2) is 23.2 Å². The van der Waals surface area contributed by atoms with Crippen LogP contribution >= 0.6 is 0 Å². The van der Waals surface area contributed by atoms with Crippen LogP contribution < -0.4 is 4.74 Å². The second-order valence-electron chi connectivity index (χ2n) is 10.2. The maximum atomic E-state index is 15.1. The Morgan fingerprint density at radius 3 is 2.38 bits per heavy atom. The van der Waals surface area contributed by atoms with E-state index in [9.17, 15) is 8.78 Å². The second-order valence-corrected chi connectivity index (χ2v) is 10.2. The minimum Gasteiger partial charge on any atom is -0.494 e. The summed E-state index contributed by atoms with van der Waals surface area (Å²) >= 11 is 0. The molecule has 0 aliphatic heterocycles. The summed E-state index contributed by atoms with van der Waals surface area (Å²) in [6.45, 7) is 2.26.